The maximum atomic E-state index is 12.4. The van der Waals surface area contributed by atoms with Crippen LogP contribution in [0.2, 0.25) is 0 Å². The molecule has 2 rings (SSSR count). The smallest absolute Gasteiger partial charge is 0.271 e. The van der Waals surface area contributed by atoms with E-state index in [1.54, 1.807) is 18.2 Å². The molecule has 21 heavy (non-hydrogen) atoms. The lowest BCUT2D eigenvalue weighted by Crippen LogP contribution is -2.13. The fraction of sp³-hybridized carbons (Fsp3) is 0.286. The molecule has 0 saturated heterocycles. The minimum atomic E-state index is -3.54. The van der Waals surface area contributed by atoms with E-state index in [1.165, 1.54) is 11.3 Å². The summed E-state index contributed by atoms with van der Waals surface area (Å²) < 4.78 is 28.7. The van der Waals surface area contributed by atoms with Crippen LogP contribution in [0, 0.1) is 6.92 Å². The molecule has 2 N–H and O–H groups in total. The molecule has 0 aliphatic carbocycles. The van der Waals surface area contributed by atoms with Crippen LogP contribution in [0.1, 0.15) is 18.1 Å². The molecule has 1 aromatic heterocycles. The van der Waals surface area contributed by atoms with Gasteiger partial charge in [-0.15, -0.1) is 11.3 Å². The van der Waals surface area contributed by atoms with E-state index in [0.29, 0.717) is 16.4 Å². The summed E-state index contributed by atoms with van der Waals surface area (Å²) in [6, 6.07) is 7.15. The Morgan fingerprint density at radius 3 is 2.81 bits per heavy atom. The topological polar surface area (TPSA) is 58.2 Å². The standard InChI is InChI=1S/C14H17BrN2O2S2/c1-3-16-8-11-7-14(20-9-11)21(18,19)17-13-6-4-5-12(15)10(13)2/h4-7,9,16-17H,3,8H2,1-2H3. The Morgan fingerprint density at radius 2 is 2.10 bits per heavy atom. The third kappa shape index (κ3) is 4.06. The Labute approximate surface area is 137 Å². The van der Waals surface area contributed by atoms with E-state index in [2.05, 4.69) is 26.0 Å². The Morgan fingerprint density at radius 1 is 1.33 bits per heavy atom. The maximum Gasteiger partial charge on any atom is 0.271 e. The van der Waals surface area contributed by atoms with Crippen molar-refractivity contribution in [3.63, 3.8) is 0 Å². The lowest BCUT2D eigenvalue weighted by Gasteiger charge is -2.10. The molecule has 1 heterocycles. The number of benzene rings is 1. The van der Waals surface area contributed by atoms with Gasteiger partial charge in [-0.3, -0.25) is 4.72 Å². The Hall–Kier alpha value is -0.890. The van der Waals surface area contributed by atoms with Crippen molar-refractivity contribution in [2.24, 2.45) is 0 Å². The SMILES string of the molecule is CCNCc1csc(S(=O)(=O)Nc2cccc(Br)c2C)c1. The monoisotopic (exact) mass is 388 g/mol. The van der Waals surface area contributed by atoms with Crippen molar-refractivity contribution < 1.29 is 8.42 Å². The quantitative estimate of drug-likeness (QED) is 0.792. The molecular weight excluding hydrogens is 372 g/mol. The molecule has 1 aromatic carbocycles. The highest BCUT2D eigenvalue weighted by molar-refractivity contribution is 9.10. The van der Waals surface area contributed by atoms with Gasteiger partial charge in [0.1, 0.15) is 4.21 Å². The molecule has 7 heteroatoms. The summed E-state index contributed by atoms with van der Waals surface area (Å²) in [5.41, 5.74) is 2.43. The van der Waals surface area contributed by atoms with Gasteiger partial charge in [0.2, 0.25) is 0 Å². The molecule has 2 aromatic rings. The normalized spacial score (nSPS) is 11.6. The predicted molar refractivity (Wildman–Crippen MR) is 91.4 cm³/mol. The Kier molecular flexibility index (Phi) is 5.43. The maximum absolute atomic E-state index is 12.4. The molecule has 0 aliphatic heterocycles. The molecule has 0 aliphatic rings. The number of thiophene rings is 1. The Bertz CT molecular complexity index is 726. The average molecular weight is 389 g/mol. The summed E-state index contributed by atoms with van der Waals surface area (Å²) in [6.07, 6.45) is 0. The van der Waals surface area contributed by atoms with E-state index >= 15 is 0 Å². The van der Waals surface area contributed by atoms with E-state index in [-0.39, 0.29) is 0 Å². The highest BCUT2D eigenvalue weighted by atomic mass is 79.9. The van der Waals surface area contributed by atoms with Gasteiger partial charge in [0.25, 0.3) is 10.0 Å². The van der Waals surface area contributed by atoms with Crippen molar-refractivity contribution in [1.29, 1.82) is 0 Å². The van der Waals surface area contributed by atoms with Crippen LogP contribution >= 0.6 is 27.3 Å². The highest BCUT2D eigenvalue weighted by Gasteiger charge is 2.18. The summed E-state index contributed by atoms with van der Waals surface area (Å²) in [7, 11) is -3.54. The molecule has 0 spiro atoms. The first kappa shape index (κ1) is 16.5. The van der Waals surface area contributed by atoms with Crippen LogP contribution in [0.3, 0.4) is 0 Å². The zero-order valence-electron chi connectivity index (χ0n) is 11.8. The second-order valence-electron chi connectivity index (χ2n) is 4.57. The van der Waals surface area contributed by atoms with Crippen LogP contribution in [-0.4, -0.2) is 15.0 Å². The van der Waals surface area contributed by atoms with Crippen molar-refractivity contribution in [2.75, 3.05) is 11.3 Å². The largest absolute Gasteiger partial charge is 0.313 e. The molecule has 4 nitrogen and oxygen atoms in total. The first-order valence-corrected chi connectivity index (χ1v) is 9.65. The minimum Gasteiger partial charge on any atom is -0.313 e. The van der Waals surface area contributed by atoms with Crippen LogP contribution in [0.4, 0.5) is 5.69 Å². The Balaban J connectivity index is 2.22. The zero-order valence-corrected chi connectivity index (χ0v) is 15.0. The third-order valence-corrected chi connectivity index (χ3v) is 6.70. The van der Waals surface area contributed by atoms with Crippen molar-refractivity contribution >= 4 is 43.0 Å². The van der Waals surface area contributed by atoms with Crippen molar-refractivity contribution in [3.8, 4) is 0 Å². The number of rotatable bonds is 6. The minimum absolute atomic E-state index is 0.328. The first-order valence-electron chi connectivity index (χ1n) is 6.50. The summed E-state index contributed by atoms with van der Waals surface area (Å²) in [4.78, 5) is 0. The van der Waals surface area contributed by atoms with Gasteiger partial charge in [-0.2, -0.15) is 0 Å². The van der Waals surface area contributed by atoms with Gasteiger partial charge in [-0.1, -0.05) is 28.9 Å². The van der Waals surface area contributed by atoms with Crippen LogP contribution in [0.25, 0.3) is 0 Å². The lowest BCUT2D eigenvalue weighted by molar-refractivity contribution is 0.603. The fourth-order valence-corrected chi connectivity index (χ4v) is 4.47. The van der Waals surface area contributed by atoms with Crippen molar-refractivity contribution in [2.45, 2.75) is 24.6 Å². The first-order chi connectivity index (χ1) is 9.94. The average Bonchev–Trinajstić information content (AvgIpc) is 2.91. The molecule has 0 amide bonds. The number of hydrogen-bond donors (Lipinski definition) is 2. The van der Waals surface area contributed by atoms with Gasteiger partial charge in [-0.05, 0) is 48.2 Å². The van der Waals surface area contributed by atoms with Gasteiger partial charge in [-0.25, -0.2) is 8.42 Å². The van der Waals surface area contributed by atoms with E-state index in [9.17, 15) is 8.42 Å². The van der Waals surface area contributed by atoms with Crippen LogP contribution < -0.4 is 10.0 Å². The van der Waals surface area contributed by atoms with Gasteiger partial charge >= 0.3 is 0 Å². The molecule has 0 radical (unpaired) electrons. The molecule has 0 bridgehead atoms. The van der Waals surface area contributed by atoms with E-state index in [4.69, 9.17) is 0 Å². The van der Waals surface area contributed by atoms with Crippen molar-refractivity contribution in [3.05, 3.63) is 45.2 Å². The van der Waals surface area contributed by atoms with Gasteiger partial charge in [0.15, 0.2) is 0 Å². The van der Waals surface area contributed by atoms with Gasteiger partial charge in [0, 0.05) is 11.0 Å². The molecular formula is C14H17BrN2O2S2. The molecule has 0 fully saturated rings. The van der Waals surface area contributed by atoms with Crippen LogP contribution in [0.15, 0.2) is 38.3 Å². The van der Waals surface area contributed by atoms with Crippen LogP contribution in [0.5, 0.6) is 0 Å². The van der Waals surface area contributed by atoms with Crippen LogP contribution in [-0.2, 0) is 16.6 Å². The predicted octanol–water partition coefficient (Wildman–Crippen LogP) is 3.73. The lowest BCUT2D eigenvalue weighted by atomic mass is 10.2. The van der Waals surface area contributed by atoms with E-state index in [1.807, 2.05) is 25.3 Å². The summed E-state index contributed by atoms with van der Waals surface area (Å²) in [6.45, 7) is 5.42. The second-order valence-corrected chi connectivity index (χ2v) is 8.25. The van der Waals surface area contributed by atoms with Gasteiger partial charge < -0.3 is 5.32 Å². The van der Waals surface area contributed by atoms with Crippen molar-refractivity contribution in [1.82, 2.24) is 5.32 Å². The third-order valence-electron chi connectivity index (χ3n) is 2.99. The number of hydrogen-bond acceptors (Lipinski definition) is 4. The summed E-state index contributed by atoms with van der Waals surface area (Å²) >= 11 is 4.64. The number of nitrogens with one attached hydrogen (secondary N) is 2. The molecule has 114 valence electrons. The summed E-state index contributed by atoms with van der Waals surface area (Å²) in [5, 5.41) is 5.05. The number of anilines is 1. The van der Waals surface area contributed by atoms with Gasteiger partial charge in [0.05, 0.1) is 5.69 Å². The molecule has 0 saturated carbocycles. The highest BCUT2D eigenvalue weighted by Crippen LogP contribution is 2.27. The van der Waals surface area contributed by atoms with E-state index in [0.717, 1.165) is 22.1 Å². The second kappa shape index (κ2) is 6.91. The van der Waals surface area contributed by atoms with E-state index < -0.39 is 10.0 Å². The fourth-order valence-electron chi connectivity index (χ4n) is 1.77. The zero-order chi connectivity index (χ0) is 15.5. The number of sulfonamides is 1. The molecule has 0 atom stereocenters. The summed E-state index contributed by atoms with van der Waals surface area (Å²) in [5.74, 6) is 0. The number of halogens is 1. The molecule has 0 unspecified atom stereocenters.